The van der Waals surface area contributed by atoms with E-state index in [1.54, 1.807) is 0 Å². The first-order valence-electron chi connectivity index (χ1n) is 4.14. The highest BCUT2D eigenvalue weighted by molar-refractivity contribution is 5.66. The normalized spacial score (nSPS) is 10.1. The molecule has 0 rings (SSSR count). The van der Waals surface area contributed by atoms with E-state index in [9.17, 15) is 4.79 Å². The van der Waals surface area contributed by atoms with Gasteiger partial charge in [-0.25, -0.2) is 0 Å². The van der Waals surface area contributed by atoms with Gasteiger partial charge in [0.15, 0.2) is 0 Å². The predicted octanol–water partition coefficient (Wildman–Crippen LogP) is 0.904. The van der Waals surface area contributed by atoms with Gasteiger partial charge in [0.1, 0.15) is 0 Å². The third kappa shape index (κ3) is 9.39. The SMILES string of the molecule is CCOCCCOCCC(=O)O. The summed E-state index contributed by atoms with van der Waals surface area (Å²) in [6, 6.07) is 0. The van der Waals surface area contributed by atoms with Crippen LogP contribution in [0.1, 0.15) is 19.8 Å². The Hall–Kier alpha value is -0.610. The Balaban J connectivity index is 2.86. The molecule has 0 amide bonds. The van der Waals surface area contributed by atoms with Crippen LogP contribution in [0.3, 0.4) is 0 Å². The first-order chi connectivity index (χ1) is 5.77. The highest BCUT2D eigenvalue weighted by Crippen LogP contribution is 1.87. The van der Waals surface area contributed by atoms with Crippen molar-refractivity contribution in [3.05, 3.63) is 0 Å². The summed E-state index contributed by atoms with van der Waals surface area (Å²) in [4.78, 5) is 10.0. The second-order valence-corrected chi connectivity index (χ2v) is 2.31. The lowest BCUT2D eigenvalue weighted by Crippen LogP contribution is -2.05. The maximum Gasteiger partial charge on any atom is 0.305 e. The van der Waals surface area contributed by atoms with Gasteiger partial charge in [-0.2, -0.15) is 0 Å². The molecule has 0 aromatic rings. The van der Waals surface area contributed by atoms with E-state index >= 15 is 0 Å². The van der Waals surface area contributed by atoms with Gasteiger partial charge in [0.2, 0.25) is 0 Å². The van der Waals surface area contributed by atoms with Crippen molar-refractivity contribution in [3.63, 3.8) is 0 Å². The van der Waals surface area contributed by atoms with Crippen LogP contribution in [0.25, 0.3) is 0 Å². The summed E-state index contributed by atoms with van der Waals surface area (Å²) >= 11 is 0. The summed E-state index contributed by atoms with van der Waals surface area (Å²) in [7, 11) is 0. The minimum atomic E-state index is -0.820. The van der Waals surface area contributed by atoms with E-state index in [2.05, 4.69) is 0 Å². The molecule has 4 heteroatoms. The van der Waals surface area contributed by atoms with Crippen molar-refractivity contribution in [3.8, 4) is 0 Å². The van der Waals surface area contributed by atoms with Crippen LogP contribution < -0.4 is 0 Å². The van der Waals surface area contributed by atoms with E-state index in [0.29, 0.717) is 19.8 Å². The molecule has 0 aliphatic heterocycles. The van der Waals surface area contributed by atoms with Gasteiger partial charge in [-0.3, -0.25) is 4.79 Å². The molecule has 0 aromatic carbocycles. The number of hydrogen-bond acceptors (Lipinski definition) is 3. The number of ether oxygens (including phenoxy) is 2. The van der Waals surface area contributed by atoms with Crippen LogP contribution in [-0.4, -0.2) is 37.5 Å². The Morgan fingerprint density at radius 2 is 1.92 bits per heavy atom. The number of carbonyl (C=O) groups is 1. The molecule has 0 bridgehead atoms. The van der Waals surface area contributed by atoms with Crippen LogP contribution >= 0.6 is 0 Å². The Bertz CT molecular complexity index is 114. The van der Waals surface area contributed by atoms with Gasteiger partial charge < -0.3 is 14.6 Å². The van der Waals surface area contributed by atoms with Crippen LogP contribution in [0, 0.1) is 0 Å². The third-order valence-corrected chi connectivity index (χ3v) is 1.24. The maximum absolute atomic E-state index is 10.0. The molecule has 0 saturated heterocycles. The van der Waals surface area contributed by atoms with Crippen molar-refractivity contribution in [2.75, 3.05) is 26.4 Å². The van der Waals surface area contributed by atoms with E-state index in [1.807, 2.05) is 6.92 Å². The quantitative estimate of drug-likeness (QED) is 0.558. The summed E-state index contributed by atoms with van der Waals surface area (Å²) in [5.41, 5.74) is 0. The van der Waals surface area contributed by atoms with E-state index in [4.69, 9.17) is 14.6 Å². The molecule has 0 spiro atoms. The van der Waals surface area contributed by atoms with Crippen molar-refractivity contribution in [1.82, 2.24) is 0 Å². The number of hydrogen-bond donors (Lipinski definition) is 1. The molecule has 0 aliphatic carbocycles. The third-order valence-electron chi connectivity index (χ3n) is 1.24. The number of rotatable bonds is 8. The zero-order valence-electron chi connectivity index (χ0n) is 7.41. The molecule has 0 fully saturated rings. The first kappa shape index (κ1) is 11.4. The van der Waals surface area contributed by atoms with E-state index < -0.39 is 5.97 Å². The summed E-state index contributed by atoms with van der Waals surface area (Å²) < 4.78 is 10.1. The second kappa shape index (κ2) is 8.49. The van der Waals surface area contributed by atoms with Crippen molar-refractivity contribution in [1.29, 1.82) is 0 Å². The van der Waals surface area contributed by atoms with Crippen LogP contribution in [0.2, 0.25) is 0 Å². The fourth-order valence-electron chi connectivity index (χ4n) is 0.669. The van der Waals surface area contributed by atoms with Crippen LogP contribution in [0.4, 0.5) is 0 Å². The van der Waals surface area contributed by atoms with Gasteiger partial charge in [-0.1, -0.05) is 0 Å². The topological polar surface area (TPSA) is 55.8 Å². The summed E-state index contributed by atoms with van der Waals surface area (Å²) in [6.45, 7) is 4.21. The van der Waals surface area contributed by atoms with Crippen molar-refractivity contribution < 1.29 is 19.4 Å². The molecule has 12 heavy (non-hydrogen) atoms. The molecular weight excluding hydrogens is 160 g/mol. The number of carboxylic acid groups (broad SMARTS) is 1. The average molecular weight is 176 g/mol. The van der Waals surface area contributed by atoms with Gasteiger partial charge in [-0.15, -0.1) is 0 Å². The Morgan fingerprint density at radius 1 is 1.25 bits per heavy atom. The van der Waals surface area contributed by atoms with Gasteiger partial charge >= 0.3 is 5.97 Å². The first-order valence-corrected chi connectivity index (χ1v) is 4.14. The zero-order chi connectivity index (χ0) is 9.23. The molecule has 0 atom stereocenters. The Labute approximate surface area is 72.5 Å². The maximum atomic E-state index is 10.0. The van der Waals surface area contributed by atoms with Crippen molar-refractivity contribution >= 4 is 5.97 Å². The fourth-order valence-corrected chi connectivity index (χ4v) is 0.669. The molecular formula is C8H16O4. The molecule has 0 heterocycles. The standard InChI is InChI=1S/C8H16O4/c1-2-11-5-3-6-12-7-4-8(9)10/h2-7H2,1H3,(H,9,10). The molecule has 0 aromatic heterocycles. The highest BCUT2D eigenvalue weighted by Gasteiger charge is 1.95. The van der Waals surface area contributed by atoms with Crippen LogP contribution in [-0.2, 0) is 14.3 Å². The lowest BCUT2D eigenvalue weighted by atomic mass is 10.4. The zero-order valence-corrected chi connectivity index (χ0v) is 7.41. The fraction of sp³-hybridized carbons (Fsp3) is 0.875. The van der Waals surface area contributed by atoms with Crippen molar-refractivity contribution in [2.24, 2.45) is 0 Å². The Kier molecular flexibility index (Phi) is 8.05. The average Bonchev–Trinajstić information content (AvgIpc) is 2.02. The van der Waals surface area contributed by atoms with E-state index in [-0.39, 0.29) is 6.42 Å². The second-order valence-electron chi connectivity index (χ2n) is 2.31. The number of aliphatic carboxylic acids is 1. The van der Waals surface area contributed by atoms with Gasteiger partial charge in [0.05, 0.1) is 13.0 Å². The summed E-state index contributed by atoms with van der Waals surface area (Å²) in [5.74, 6) is -0.820. The molecule has 0 unspecified atom stereocenters. The number of carboxylic acids is 1. The molecule has 1 N–H and O–H groups in total. The minimum absolute atomic E-state index is 0.0780. The predicted molar refractivity (Wildman–Crippen MR) is 44.2 cm³/mol. The molecule has 4 nitrogen and oxygen atoms in total. The van der Waals surface area contributed by atoms with Crippen LogP contribution in [0.5, 0.6) is 0 Å². The highest BCUT2D eigenvalue weighted by atomic mass is 16.5. The van der Waals surface area contributed by atoms with Crippen LogP contribution in [0.15, 0.2) is 0 Å². The van der Waals surface area contributed by atoms with Crippen molar-refractivity contribution in [2.45, 2.75) is 19.8 Å². The summed E-state index contributed by atoms with van der Waals surface area (Å²) in [6.07, 6.45) is 0.905. The van der Waals surface area contributed by atoms with Gasteiger partial charge in [-0.05, 0) is 13.3 Å². The monoisotopic (exact) mass is 176 g/mol. The van der Waals surface area contributed by atoms with E-state index in [1.165, 1.54) is 0 Å². The molecule has 0 aliphatic rings. The lowest BCUT2D eigenvalue weighted by Gasteiger charge is -2.02. The van der Waals surface area contributed by atoms with Gasteiger partial charge in [0, 0.05) is 19.8 Å². The van der Waals surface area contributed by atoms with Gasteiger partial charge in [0.25, 0.3) is 0 Å². The molecule has 72 valence electrons. The largest absolute Gasteiger partial charge is 0.481 e. The summed E-state index contributed by atoms with van der Waals surface area (Å²) in [5, 5.41) is 8.25. The smallest absolute Gasteiger partial charge is 0.305 e. The minimum Gasteiger partial charge on any atom is -0.481 e. The molecule has 0 saturated carbocycles. The molecule has 0 radical (unpaired) electrons. The lowest BCUT2D eigenvalue weighted by molar-refractivity contribution is -0.138. The Morgan fingerprint density at radius 3 is 2.50 bits per heavy atom. The van der Waals surface area contributed by atoms with E-state index in [0.717, 1.165) is 13.0 Å².